The van der Waals surface area contributed by atoms with E-state index >= 15 is 0 Å². The Morgan fingerprint density at radius 3 is 2.72 bits per heavy atom. The molecule has 2 aromatic heterocycles. The third kappa shape index (κ3) is 4.14. The molecule has 0 unspecified atom stereocenters. The maximum absolute atomic E-state index is 11.6. The number of halogens is 1. The monoisotopic (exact) mass is 396 g/mol. The number of nitrogens with zero attached hydrogens (tertiary/aromatic N) is 3. The number of thioether (sulfide) groups is 1. The van der Waals surface area contributed by atoms with Gasteiger partial charge in [0.05, 0.1) is 15.9 Å². The minimum absolute atomic E-state index is 0.0691. The van der Waals surface area contributed by atoms with Gasteiger partial charge in [-0.15, -0.1) is 0 Å². The highest BCUT2D eigenvalue weighted by Crippen LogP contribution is 2.28. The summed E-state index contributed by atoms with van der Waals surface area (Å²) in [5, 5.41) is 6.51. The predicted octanol–water partition coefficient (Wildman–Crippen LogP) is 3.43. The fourth-order valence-corrected chi connectivity index (χ4v) is 4.07. The van der Waals surface area contributed by atoms with Crippen LogP contribution in [0.4, 0.5) is 0 Å². The second-order valence-electron chi connectivity index (χ2n) is 5.52. The largest absolute Gasteiger partial charge is 0.319 e. The number of pyridine rings is 1. The first kappa shape index (κ1) is 18.2. The topological polar surface area (TPSA) is 90.9 Å². The van der Waals surface area contributed by atoms with Crippen LogP contribution in [0.5, 0.6) is 0 Å². The number of nitrogens with two attached hydrogens (primary N) is 1. The SMILES string of the molecule is CCCn1c(SCc2ccc(Cl)nc2)nc2cc(S(N)(=O)=O)ccc21. The summed E-state index contributed by atoms with van der Waals surface area (Å²) < 4.78 is 25.2. The van der Waals surface area contributed by atoms with Crippen molar-refractivity contribution in [2.24, 2.45) is 5.14 Å². The Morgan fingerprint density at radius 2 is 2.08 bits per heavy atom. The molecule has 0 aliphatic heterocycles. The van der Waals surface area contributed by atoms with Crippen LogP contribution in [-0.2, 0) is 22.3 Å². The number of aromatic nitrogens is 3. The molecule has 0 atom stereocenters. The maximum atomic E-state index is 11.6. The standard InChI is InChI=1S/C16H17ClN4O2S2/c1-2-7-21-14-5-4-12(25(18,22)23)8-13(14)20-16(21)24-10-11-3-6-15(17)19-9-11/h3-6,8-9H,2,7,10H2,1H3,(H2,18,22,23). The van der Waals surface area contributed by atoms with Gasteiger partial charge in [-0.25, -0.2) is 23.5 Å². The van der Waals surface area contributed by atoms with Crippen molar-refractivity contribution in [1.29, 1.82) is 0 Å². The molecule has 3 aromatic rings. The highest BCUT2D eigenvalue weighted by atomic mass is 35.5. The van der Waals surface area contributed by atoms with E-state index in [4.69, 9.17) is 16.7 Å². The lowest BCUT2D eigenvalue weighted by Crippen LogP contribution is -2.11. The van der Waals surface area contributed by atoms with Gasteiger partial charge >= 0.3 is 0 Å². The van der Waals surface area contributed by atoms with Gasteiger partial charge in [0.1, 0.15) is 5.15 Å². The normalized spacial score (nSPS) is 12.0. The molecule has 6 nitrogen and oxygen atoms in total. The number of fused-ring (bicyclic) bond motifs is 1. The lowest BCUT2D eigenvalue weighted by atomic mass is 10.3. The summed E-state index contributed by atoms with van der Waals surface area (Å²) in [4.78, 5) is 8.74. The summed E-state index contributed by atoms with van der Waals surface area (Å²) in [6.07, 6.45) is 2.68. The third-order valence-corrected chi connectivity index (χ3v) is 5.80. The van der Waals surface area contributed by atoms with Crippen molar-refractivity contribution < 1.29 is 8.42 Å². The summed E-state index contributed by atoms with van der Waals surface area (Å²) >= 11 is 7.38. The average Bonchev–Trinajstić information content (AvgIpc) is 2.91. The van der Waals surface area contributed by atoms with Crippen LogP contribution in [0.1, 0.15) is 18.9 Å². The molecule has 2 N–H and O–H groups in total. The highest BCUT2D eigenvalue weighted by Gasteiger charge is 2.15. The number of rotatable bonds is 6. The number of hydrogen-bond donors (Lipinski definition) is 1. The van der Waals surface area contributed by atoms with Crippen LogP contribution in [0.2, 0.25) is 5.15 Å². The van der Waals surface area contributed by atoms with Gasteiger partial charge in [-0.1, -0.05) is 36.4 Å². The van der Waals surface area contributed by atoms with Gasteiger partial charge in [-0.05, 0) is 36.2 Å². The van der Waals surface area contributed by atoms with Crippen molar-refractivity contribution in [1.82, 2.24) is 14.5 Å². The molecule has 1 aromatic carbocycles. The summed E-state index contributed by atoms with van der Waals surface area (Å²) in [6, 6.07) is 8.47. The molecule has 0 amide bonds. The number of benzene rings is 1. The van der Waals surface area contributed by atoms with E-state index in [2.05, 4.69) is 21.5 Å². The van der Waals surface area contributed by atoms with E-state index < -0.39 is 10.0 Å². The van der Waals surface area contributed by atoms with E-state index in [-0.39, 0.29) is 4.90 Å². The van der Waals surface area contributed by atoms with Crippen molar-refractivity contribution in [2.45, 2.75) is 35.7 Å². The van der Waals surface area contributed by atoms with Crippen LogP contribution >= 0.6 is 23.4 Å². The van der Waals surface area contributed by atoms with E-state index in [9.17, 15) is 8.42 Å². The van der Waals surface area contributed by atoms with E-state index in [0.717, 1.165) is 29.2 Å². The Hall–Kier alpha value is -1.61. The average molecular weight is 397 g/mol. The zero-order chi connectivity index (χ0) is 18.0. The van der Waals surface area contributed by atoms with Gasteiger partial charge in [0.15, 0.2) is 5.16 Å². The van der Waals surface area contributed by atoms with Gasteiger partial charge in [0.25, 0.3) is 0 Å². The van der Waals surface area contributed by atoms with Crippen molar-refractivity contribution in [3.8, 4) is 0 Å². The Labute approximate surface area is 155 Å². The van der Waals surface area contributed by atoms with Crippen LogP contribution in [0.3, 0.4) is 0 Å². The van der Waals surface area contributed by atoms with Crippen LogP contribution in [0.25, 0.3) is 11.0 Å². The first-order valence-electron chi connectivity index (χ1n) is 7.65. The minimum atomic E-state index is -3.75. The summed E-state index contributed by atoms with van der Waals surface area (Å²) in [5.74, 6) is 0.694. The van der Waals surface area contributed by atoms with Gasteiger partial charge < -0.3 is 4.57 Å². The lowest BCUT2D eigenvalue weighted by Gasteiger charge is -2.07. The molecule has 3 rings (SSSR count). The van der Waals surface area contributed by atoms with E-state index in [0.29, 0.717) is 16.4 Å². The first-order chi connectivity index (χ1) is 11.9. The molecule has 25 heavy (non-hydrogen) atoms. The van der Waals surface area contributed by atoms with Crippen LogP contribution in [0.15, 0.2) is 46.6 Å². The van der Waals surface area contributed by atoms with E-state index in [1.165, 1.54) is 12.1 Å². The third-order valence-electron chi connectivity index (χ3n) is 3.62. The summed E-state index contributed by atoms with van der Waals surface area (Å²) in [7, 11) is -3.75. The molecule has 0 aliphatic rings. The number of primary sulfonamides is 1. The number of sulfonamides is 1. The molecule has 132 valence electrons. The smallest absolute Gasteiger partial charge is 0.238 e. The molecule has 9 heteroatoms. The number of imidazole rings is 1. The maximum Gasteiger partial charge on any atom is 0.238 e. The fourth-order valence-electron chi connectivity index (χ4n) is 2.45. The lowest BCUT2D eigenvalue weighted by molar-refractivity contribution is 0.598. The van der Waals surface area contributed by atoms with Gasteiger partial charge in [-0.3, -0.25) is 0 Å². The summed E-state index contributed by atoms with van der Waals surface area (Å²) in [5.41, 5.74) is 2.55. The van der Waals surface area contributed by atoms with Crippen LogP contribution < -0.4 is 5.14 Å². The second-order valence-corrected chi connectivity index (χ2v) is 8.41. The fraction of sp³-hybridized carbons (Fsp3) is 0.250. The first-order valence-corrected chi connectivity index (χ1v) is 10.6. The number of aryl methyl sites for hydroxylation is 1. The molecule has 0 saturated heterocycles. The Bertz CT molecular complexity index is 1000. The quantitative estimate of drug-likeness (QED) is 0.509. The van der Waals surface area contributed by atoms with Crippen molar-refractivity contribution in [2.75, 3.05) is 0 Å². The Morgan fingerprint density at radius 1 is 1.28 bits per heavy atom. The molecule has 0 radical (unpaired) electrons. The Kier molecular flexibility index (Phi) is 5.33. The predicted molar refractivity (Wildman–Crippen MR) is 100 cm³/mol. The van der Waals surface area contributed by atoms with Gasteiger partial charge in [0.2, 0.25) is 10.0 Å². The number of hydrogen-bond acceptors (Lipinski definition) is 5. The van der Waals surface area contributed by atoms with Crippen LogP contribution in [0, 0.1) is 0 Å². The van der Waals surface area contributed by atoms with Gasteiger partial charge in [-0.2, -0.15) is 0 Å². The van der Waals surface area contributed by atoms with Gasteiger partial charge in [0, 0.05) is 18.5 Å². The Balaban J connectivity index is 1.95. The van der Waals surface area contributed by atoms with Crippen molar-refractivity contribution >= 4 is 44.4 Å². The molecule has 0 fully saturated rings. The minimum Gasteiger partial charge on any atom is -0.319 e. The molecule has 0 spiro atoms. The molecule has 0 bridgehead atoms. The van der Waals surface area contributed by atoms with E-state index in [1.807, 2.05) is 6.07 Å². The second kappa shape index (κ2) is 7.33. The zero-order valence-corrected chi connectivity index (χ0v) is 15.9. The van der Waals surface area contributed by atoms with Crippen molar-refractivity contribution in [3.63, 3.8) is 0 Å². The molecule has 0 saturated carbocycles. The molecule has 0 aliphatic carbocycles. The van der Waals surface area contributed by atoms with E-state index in [1.54, 1.807) is 30.1 Å². The summed E-state index contributed by atoms with van der Waals surface area (Å²) in [6.45, 7) is 2.88. The molecule has 2 heterocycles. The molecular weight excluding hydrogens is 380 g/mol. The van der Waals surface area contributed by atoms with Crippen LogP contribution in [-0.4, -0.2) is 23.0 Å². The zero-order valence-electron chi connectivity index (χ0n) is 13.5. The molecular formula is C16H17ClN4O2S2. The highest BCUT2D eigenvalue weighted by molar-refractivity contribution is 7.98. The van der Waals surface area contributed by atoms with Crippen molar-refractivity contribution in [3.05, 3.63) is 47.2 Å².